The van der Waals surface area contributed by atoms with Gasteiger partial charge in [0.1, 0.15) is 6.07 Å². The Morgan fingerprint density at radius 2 is 2.19 bits per heavy atom. The zero-order chi connectivity index (χ0) is 14.8. The number of nitrogens with one attached hydrogen (secondary N) is 1. The van der Waals surface area contributed by atoms with E-state index in [4.69, 9.17) is 5.26 Å². The van der Waals surface area contributed by atoms with Crippen molar-refractivity contribution >= 4 is 33.0 Å². The highest BCUT2D eigenvalue weighted by molar-refractivity contribution is 9.10. The Morgan fingerprint density at radius 1 is 1.33 bits per heavy atom. The van der Waals surface area contributed by atoms with Gasteiger partial charge in [-0.25, -0.2) is 4.52 Å². The second kappa shape index (κ2) is 5.38. The number of rotatable bonds is 2. The second-order valence-electron chi connectivity index (χ2n) is 4.34. The molecule has 0 spiro atoms. The van der Waals surface area contributed by atoms with E-state index in [0.29, 0.717) is 22.3 Å². The van der Waals surface area contributed by atoms with Crippen molar-refractivity contribution in [1.29, 1.82) is 5.26 Å². The number of hydrogen-bond acceptors (Lipinski definition) is 3. The van der Waals surface area contributed by atoms with Crippen LogP contribution in [0.1, 0.15) is 15.9 Å². The van der Waals surface area contributed by atoms with E-state index in [9.17, 15) is 4.79 Å². The summed E-state index contributed by atoms with van der Waals surface area (Å²) in [6.45, 7) is 0. The molecule has 0 atom stereocenters. The van der Waals surface area contributed by atoms with Crippen molar-refractivity contribution in [3.63, 3.8) is 0 Å². The van der Waals surface area contributed by atoms with Crippen LogP contribution < -0.4 is 5.32 Å². The van der Waals surface area contributed by atoms with Crippen LogP contribution in [0.15, 0.2) is 53.3 Å². The van der Waals surface area contributed by atoms with Crippen LogP contribution in [0, 0.1) is 11.3 Å². The van der Waals surface area contributed by atoms with Crippen LogP contribution in [0.4, 0.5) is 5.69 Å². The summed E-state index contributed by atoms with van der Waals surface area (Å²) in [4.78, 5) is 12.4. The molecule has 2 aromatic heterocycles. The minimum atomic E-state index is -0.300. The fourth-order valence-electron chi connectivity index (χ4n) is 2.02. The van der Waals surface area contributed by atoms with E-state index < -0.39 is 0 Å². The van der Waals surface area contributed by atoms with Gasteiger partial charge in [0, 0.05) is 10.7 Å². The largest absolute Gasteiger partial charge is 0.321 e. The molecule has 0 aliphatic heterocycles. The van der Waals surface area contributed by atoms with Gasteiger partial charge >= 0.3 is 0 Å². The van der Waals surface area contributed by atoms with Gasteiger partial charge in [-0.05, 0) is 30.3 Å². The molecule has 3 rings (SSSR count). The number of benzene rings is 1. The number of carbonyl (C=O) groups excluding carboxylic acids is 1. The SMILES string of the molecule is N#Cc1ccc(Br)cc1NC(=O)c1cnn2ccccc12. The predicted octanol–water partition coefficient (Wildman–Crippen LogP) is 3.22. The summed E-state index contributed by atoms with van der Waals surface area (Å²) in [5.74, 6) is -0.300. The number of fused-ring (bicyclic) bond motifs is 1. The van der Waals surface area contributed by atoms with Gasteiger partial charge in [0.15, 0.2) is 0 Å². The monoisotopic (exact) mass is 340 g/mol. The lowest BCUT2D eigenvalue weighted by Gasteiger charge is -2.06. The van der Waals surface area contributed by atoms with Crippen LogP contribution in [0.2, 0.25) is 0 Å². The summed E-state index contributed by atoms with van der Waals surface area (Å²) >= 11 is 3.33. The average Bonchev–Trinajstić information content (AvgIpc) is 2.91. The van der Waals surface area contributed by atoms with E-state index in [1.54, 1.807) is 28.9 Å². The van der Waals surface area contributed by atoms with Crippen LogP contribution in [-0.2, 0) is 0 Å². The highest BCUT2D eigenvalue weighted by Crippen LogP contribution is 2.22. The Balaban J connectivity index is 1.97. The third-order valence-corrected chi connectivity index (χ3v) is 3.51. The Labute approximate surface area is 128 Å². The van der Waals surface area contributed by atoms with Crippen molar-refractivity contribution in [3.8, 4) is 6.07 Å². The number of halogens is 1. The number of anilines is 1. The second-order valence-corrected chi connectivity index (χ2v) is 5.26. The zero-order valence-corrected chi connectivity index (χ0v) is 12.3. The zero-order valence-electron chi connectivity index (χ0n) is 10.7. The predicted molar refractivity (Wildman–Crippen MR) is 82.0 cm³/mol. The minimum absolute atomic E-state index is 0.300. The van der Waals surface area contributed by atoms with E-state index in [0.717, 1.165) is 4.47 Å². The standard InChI is InChI=1S/C15H9BrN4O/c16-11-5-4-10(8-17)13(7-11)19-15(21)12-9-18-20-6-2-1-3-14(12)20/h1-7,9H,(H,19,21). The molecule has 21 heavy (non-hydrogen) atoms. The number of nitriles is 1. The van der Waals surface area contributed by atoms with Gasteiger partial charge in [-0.2, -0.15) is 10.4 Å². The van der Waals surface area contributed by atoms with Crippen molar-refractivity contribution in [2.45, 2.75) is 0 Å². The molecule has 0 aliphatic carbocycles. The number of amides is 1. The molecule has 0 saturated carbocycles. The fourth-order valence-corrected chi connectivity index (χ4v) is 2.38. The normalized spacial score (nSPS) is 10.3. The maximum absolute atomic E-state index is 12.4. The van der Waals surface area contributed by atoms with Gasteiger partial charge in [0.05, 0.1) is 28.5 Å². The van der Waals surface area contributed by atoms with Crippen molar-refractivity contribution in [1.82, 2.24) is 9.61 Å². The van der Waals surface area contributed by atoms with E-state index >= 15 is 0 Å². The molecule has 0 aliphatic rings. The summed E-state index contributed by atoms with van der Waals surface area (Å²) in [7, 11) is 0. The highest BCUT2D eigenvalue weighted by Gasteiger charge is 2.14. The van der Waals surface area contributed by atoms with Gasteiger partial charge in [0.2, 0.25) is 0 Å². The highest BCUT2D eigenvalue weighted by atomic mass is 79.9. The molecule has 0 unspecified atom stereocenters. The fraction of sp³-hybridized carbons (Fsp3) is 0. The Hall–Kier alpha value is -2.65. The van der Waals surface area contributed by atoms with Crippen LogP contribution >= 0.6 is 15.9 Å². The van der Waals surface area contributed by atoms with Gasteiger partial charge in [0.25, 0.3) is 5.91 Å². The van der Waals surface area contributed by atoms with Crippen LogP contribution in [-0.4, -0.2) is 15.5 Å². The number of carbonyl (C=O) groups is 1. The lowest BCUT2D eigenvalue weighted by atomic mass is 10.2. The van der Waals surface area contributed by atoms with E-state index in [1.807, 2.05) is 18.2 Å². The number of hydrogen-bond donors (Lipinski definition) is 1. The van der Waals surface area contributed by atoms with Crippen molar-refractivity contribution in [3.05, 3.63) is 64.4 Å². The van der Waals surface area contributed by atoms with Gasteiger partial charge < -0.3 is 5.32 Å². The maximum atomic E-state index is 12.4. The molecule has 3 aromatic rings. The molecule has 5 nitrogen and oxygen atoms in total. The maximum Gasteiger partial charge on any atom is 0.259 e. The molecule has 1 amide bonds. The Morgan fingerprint density at radius 3 is 3.00 bits per heavy atom. The number of aromatic nitrogens is 2. The van der Waals surface area contributed by atoms with Gasteiger partial charge in [-0.15, -0.1) is 0 Å². The molecule has 0 radical (unpaired) electrons. The lowest BCUT2D eigenvalue weighted by molar-refractivity contribution is 0.102. The minimum Gasteiger partial charge on any atom is -0.321 e. The first-order chi connectivity index (χ1) is 10.2. The molecule has 2 heterocycles. The summed E-state index contributed by atoms with van der Waals surface area (Å²) < 4.78 is 2.41. The average molecular weight is 341 g/mol. The molecule has 0 saturated heterocycles. The summed E-state index contributed by atoms with van der Waals surface area (Å²) in [5.41, 5.74) is 2.04. The first-order valence-electron chi connectivity index (χ1n) is 6.12. The summed E-state index contributed by atoms with van der Waals surface area (Å²) in [5, 5.41) is 16.0. The number of nitrogens with zero attached hydrogens (tertiary/aromatic N) is 3. The van der Waals surface area contributed by atoms with Crippen LogP contribution in [0.25, 0.3) is 5.52 Å². The summed E-state index contributed by atoms with van der Waals surface area (Å²) in [6.07, 6.45) is 3.28. The molecular weight excluding hydrogens is 332 g/mol. The third-order valence-electron chi connectivity index (χ3n) is 3.02. The van der Waals surface area contributed by atoms with E-state index in [1.165, 1.54) is 6.20 Å². The smallest absolute Gasteiger partial charge is 0.259 e. The van der Waals surface area contributed by atoms with Crippen LogP contribution in [0.3, 0.4) is 0 Å². The Bertz CT molecular complexity index is 879. The molecule has 6 heteroatoms. The third kappa shape index (κ3) is 2.51. The molecule has 102 valence electrons. The first-order valence-corrected chi connectivity index (χ1v) is 6.92. The Kier molecular flexibility index (Phi) is 3.42. The topological polar surface area (TPSA) is 70.2 Å². The van der Waals surface area contributed by atoms with E-state index in [2.05, 4.69) is 32.4 Å². The quantitative estimate of drug-likeness (QED) is 0.778. The molecule has 1 aromatic carbocycles. The van der Waals surface area contributed by atoms with Gasteiger partial charge in [-0.3, -0.25) is 4.79 Å². The summed E-state index contributed by atoms with van der Waals surface area (Å²) in [6, 6.07) is 12.6. The first kappa shape index (κ1) is 13.3. The molecule has 1 N–H and O–H groups in total. The van der Waals surface area contributed by atoms with Crippen molar-refractivity contribution in [2.75, 3.05) is 5.32 Å². The molecule has 0 bridgehead atoms. The van der Waals surface area contributed by atoms with Crippen molar-refractivity contribution in [2.24, 2.45) is 0 Å². The van der Waals surface area contributed by atoms with Crippen LogP contribution in [0.5, 0.6) is 0 Å². The van der Waals surface area contributed by atoms with Crippen molar-refractivity contribution < 1.29 is 4.79 Å². The van der Waals surface area contributed by atoms with E-state index in [-0.39, 0.29) is 5.91 Å². The number of pyridine rings is 1. The van der Waals surface area contributed by atoms with Gasteiger partial charge in [-0.1, -0.05) is 22.0 Å². The molecule has 0 fully saturated rings. The molecular formula is C15H9BrN4O. The lowest BCUT2D eigenvalue weighted by Crippen LogP contribution is -2.12.